The molecule has 0 aliphatic heterocycles. The monoisotopic (exact) mass is 302 g/mol. The van der Waals surface area contributed by atoms with Gasteiger partial charge in [-0.3, -0.25) is 4.79 Å². The van der Waals surface area contributed by atoms with Gasteiger partial charge in [-0.25, -0.2) is 4.39 Å². The number of hydrogen-bond donors (Lipinski definition) is 3. The summed E-state index contributed by atoms with van der Waals surface area (Å²) in [4.78, 5) is 11.2. The number of amides is 1. The predicted octanol–water partition coefficient (Wildman–Crippen LogP) is 3.32. The van der Waals surface area contributed by atoms with Gasteiger partial charge >= 0.3 is 0 Å². The van der Waals surface area contributed by atoms with Crippen LogP contribution in [0.4, 0.5) is 15.8 Å². The van der Waals surface area contributed by atoms with Gasteiger partial charge in [-0.15, -0.1) is 0 Å². The van der Waals surface area contributed by atoms with Crippen LogP contribution >= 0.6 is 0 Å². The molecule has 0 aromatic heterocycles. The Hall–Kier alpha value is -2.40. The molecule has 116 valence electrons. The van der Waals surface area contributed by atoms with Gasteiger partial charge in [-0.1, -0.05) is 25.1 Å². The van der Waals surface area contributed by atoms with E-state index in [9.17, 15) is 9.18 Å². The van der Waals surface area contributed by atoms with Crippen LogP contribution in [0.2, 0.25) is 0 Å². The van der Waals surface area contributed by atoms with E-state index in [0.717, 1.165) is 17.7 Å². The molecule has 0 saturated heterocycles. The van der Waals surface area contributed by atoms with Crippen molar-refractivity contribution in [1.82, 2.24) is 0 Å². The normalized spacial score (nSPS) is 11.8. The van der Waals surface area contributed by atoms with E-state index in [-0.39, 0.29) is 11.9 Å². The fraction of sp³-hybridized carbons (Fsp3) is 0.235. The van der Waals surface area contributed by atoms with Gasteiger partial charge in [0, 0.05) is 11.4 Å². The molecule has 4 nitrogen and oxygen atoms in total. The third-order valence-electron chi connectivity index (χ3n) is 3.31. The highest BCUT2D eigenvalue weighted by Crippen LogP contribution is 2.24. The summed E-state index contributed by atoms with van der Waals surface area (Å²) in [5.74, 6) is -0.713. The molecule has 0 bridgehead atoms. The number of carbonyl (C=O) groups is 1. The van der Waals surface area contributed by atoms with Crippen molar-refractivity contribution in [3.8, 4) is 0 Å². The minimum atomic E-state index is -0.551. The van der Waals surface area contributed by atoms with Gasteiger partial charge in [-0.2, -0.15) is 0 Å². The average molecular weight is 302 g/mol. The van der Waals surface area contributed by atoms with E-state index >= 15 is 0 Å². The Balaban J connectivity index is 2.12. The number of aliphatic hydroxyl groups is 1. The highest BCUT2D eigenvalue weighted by Gasteiger charge is 2.10. The first-order chi connectivity index (χ1) is 10.6. The van der Waals surface area contributed by atoms with E-state index in [1.165, 1.54) is 12.1 Å². The molecule has 0 spiro atoms. The average Bonchev–Trinajstić information content (AvgIpc) is 2.54. The van der Waals surface area contributed by atoms with Crippen LogP contribution in [0.1, 0.15) is 24.9 Å². The maximum absolute atomic E-state index is 13.0. The highest BCUT2D eigenvalue weighted by molar-refractivity contribution is 5.91. The minimum absolute atomic E-state index is 0.0457. The first kappa shape index (κ1) is 16.0. The molecule has 0 unspecified atom stereocenters. The van der Waals surface area contributed by atoms with E-state index in [2.05, 4.69) is 10.6 Å². The molecule has 2 aromatic carbocycles. The second-order valence-electron chi connectivity index (χ2n) is 4.94. The molecule has 5 heteroatoms. The van der Waals surface area contributed by atoms with E-state index < -0.39 is 12.5 Å². The van der Waals surface area contributed by atoms with Crippen molar-refractivity contribution in [1.29, 1.82) is 0 Å². The van der Waals surface area contributed by atoms with Crippen LogP contribution in [0.25, 0.3) is 0 Å². The molecule has 2 aromatic rings. The number of benzene rings is 2. The van der Waals surface area contributed by atoms with Crippen molar-refractivity contribution >= 4 is 17.3 Å². The summed E-state index contributed by atoms with van der Waals surface area (Å²) >= 11 is 0. The summed E-state index contributed by atoms with van der Waals surface area (Å²) in [6.07, 6.45) is 0.832. The molecular formula is C17H19FN2O2. The molecular weight excluding hydrogens is 283 g/mol. The Labute approximate surface area is 129 Å². The van der Waals surface area contributed by atoms with Crippen LogP contribution in [0, 0.1) is 5.82 Å². The molecule has 3 N–H and O–H groups in total. The molecule has 0 aliphatic rings. The maximum Gasteiger partial charge on any atom is 0.250 e. The van der Waals surface area contributed by atoms with Crippen molar-refractivity contribution in [3.05, 3.63) is 59.9 Å². The predicted molar refractivity (Wildman–Crippen MR) is 85.2 cm³/mol. The number of halogens is 1. The van der Waals surface area contributed by atoms with Crippen LogP contribution in [0.5, 0.6) is 0 Å². The molecule has 22 heavy (non-hydrogen) atoms. The molecule has 0 fully saturated rings. The van der Waals surface area contributed by atoms with Gasteiger partial charge in [0.2, 0.25) is 5.91 Å². The van der Waals surface area contributed by atoms with Gasteiger partial charge in [-0.05, 0) is 42.3 Å². The van der Waals surface area contributed by atoms with Gasteiger partial charge in [0.15, 0.2) is 0 Å². The van der Waals surface area contributed by atoms with Crippen LogP contribution < -0.4 is 10.6 Å². The summed E-state index contributed by atoms with van der Waals surface area (Å²) in [6.45, 7) is 1.49. The quantitative estimate of drug-likeness (QED) is 0.767. The summed E-state index contributed by atoms with van der Waals surface area (Å²) < 4.78 is 13.0. The first-order valence-electron chi connectivity index (χ1n) is 7.15. The number of hydrogen-bond acceptors (Lipinski definition) is 3. The lowest BCUT2D eigenvalue weighted by molar-refractivity contribution is -0.118. The number of nitrogens with one attached hydrogen (secondary N) is 2. The van der Waals surface area contributed by atoms with E-state index in [1.54, 1.807) is 24.3 Å². The highest BCUT2D eigenvalue weighted by atomic mass is 19.1. The zero-order valence-electron chi connectivity index (χ0n) is 12.3. The van der Waals surface area contributed by atoms with Crippen LogP contribution in [0.15, 0.2) is 48.5 Å². The lowest BCUT2D eigenvalue weighted by Crippen LogP contribution is -2.15. The van der Waals surface area contributed by atoms with Gasteiger partial charge in [0.25, 0.3) is 0 Å². The van der Waals surface area contributed by atoms with Crippen molar-refractivity contribution < 1.29 is 14.3 Å². The van der Waals surface area contributed by atoms with Crippen molar-refractivity contribution in [2.24, 2.45) is 0 Å². The van der Waals surface area contributed by atoms with Crippen LogP contribution in [-0.4, -0.2) is 17.6 Å². The number of carbonyl (C=O) groups excluding carboxylic acids is 1. The number of anilines is 2. The largest absolute Gasteiger partial charge is 0.387 e. The summed E-state index contributed by atoms with van der Waals surface area (Å²) in [6, 6.07) is 13.7. The molecule has 0 heterocycles. The minimum Gasteiger partial charge on any atom is -0.387 e. The molecule has 1 atom stereocenters. The van der Waals surface area contributed by atoms with Gasteiger partial charge < -0.3 is 15.7 Å². The third kappa shape index (κ3) is 4.30. The first-order valence-corrected chi connectivity index (χ1v) is 7.15. The Bertz CT molecular complexity index is 629. The van der Waals surface area contributed by atoms with Gasteiger partial charge in [0.1, 0.15) is 12.4 Å². The zero-order chi connectivity index (χ0) is 15.9. The fourth-order valence-electron chi connectivity index (χ4n) is 2.20. The summed E-state index contributed by atoms with van der Waals surface area (Å²) in [5, 5.41) is 14.7. The lowest BCUT2D eigenvalue weighted by Gasteiger charge is -2.19. The third-order valence-corrected chi connectivity index (χ3v) is 3.31. The summed E-state index contributed by atoms with van der Waals surface area (Å²) in [5.41, 5.74) is 2.44. The lowest BCUT2D eigenvalue weighted by atomic mass is 10.0. The summed E-state index contributed by atoms with van der Waals surface area (Å²) in [7, 11) is 0. The van der Waals surface area contributed by atoms with Crippen molar-refractivity contribution in [3.63, 3.8) is 0 Å². The van der Waals surface area contributed by atoms with Crippen molar-refractivity contribution in [2.75, 3.05) is 17.2 Å². The van der Waals surface area contributed by atoms with Crippen LogP contribution in [0.3, 0.4) is 0 Å². The smallest absolute Gasteiger partial charge is 0.250 e. The Morgan fingerprint density at radius 1 is 1.18 bits per heavy atom. The SMILES string of the molecule is CC[C@H](Nc1cccc(NC(=O)CO)c1)c1ccc(F)cc1. The Morgan fingerprint density at radius 2 is 1.86 bits per heavy atom. The topological polar surface area (TPSA) is 61.4 Å². The zero-order valence-corrected chi connectivity index (χ0v) is 12.3. The Kier molecular flexibility index (Phi) is 5.49. The van der Waals surface area contributed by atoms with Crippen molar-refractivity contribution in [2.45, 2.75) is 19.4 Å². The fourth-order valence-corrected chi connectivity index (χ4v) is 2.20. The molecule has 0 aliphatic carbocycles. The van der Waals surface area contributed by atoms with E-state index in [4.69, 9.17) is 5.11 Å². The van der Waals surface area contributed by atoms with Gasteiger partial charge in [0.05, 0.1) is 6.04 Å². The Morgan fingerprint density at radius 3 is 2.50 bits per heavy atom. The van der Waals surface area contributed by atoms with E-state index in [1.807, 2.05) is 19.1 Å². The number of rotatable bonds is 6. The molecule has 1 amide bonds. The molecule has 0 radical (unpaired) electrons. The van der Waals surface area contributed by atoms with Crippen LogP contribution in [-0.2, 0) is 4.79 Å². The number of aliphatic hydroxyl groups excluding tert-OH is 1. The maximum atomic E-state index is 13.0. The molecule has 0 saturated carbocycles. The molecule has 2 rings (SSSR count). The van der Waals surface area contributed by atoms with E-state index in [0.29, 0.717) is 5.69 Å². The second-order valence-corrected chi connectivity index (χ2v) is 4.94. The standard InChI is InChI=1S/C17H19FN2O2/c1-2-16(12-6-8-13(18)9-7-12)19-14-4-3-5-15(10-14)20-17(22)11-21/h3-10,16,19,21H,2,11H2,1H3,(H,20,22)/t16-/m0/s1. The second kappa shape index (κ2) is 7.56.